The molecule has 0 fully saturated rings. The summed E-state index contributed by atoms with van der Waals surface area (Å²) in [5.74, 6) is -0.256. The van der Waals surface area contributed by atoms with E-state index in [2.05, 4.69) is 13.8 Å². The highest BCUT2D eigenvalue weighted by molar-refractivity contribution is 6.13. The lowest BCUT2D eigenvalue weighted by Gasteiger charge is -2.21. The molecule has 2 heterocycles. The standard InChI is InChI=1S/C17H22N2O4/c1-12(7-9-18-14(20)3-4-15(18)21)11-13(2)8-10-19-16(22)5-6-17(19)23/h3-6,12-13H,7-11H2,1-2H3. The number of carbonyl (C=O) groups excluding carboxylic acids is 4. The lowest BCUT2D eigenvalue weighted by molar-refractivity contribution is -0.138. The molecule has 0 bridgehead atoms. The Morgan fingerprint density at radius 1 is 0.696 bits per heavy atom. The van der Waals surface area contributed by atoms with E-state index in [1.54, 1.807) is 0 Å². The van der Waals surface area contributed by atoms with Crippen molar-refractivity contribution < 1.29 is 19.2 Å². The first kappa shape index (κ1) is 17.1. The molecular weight excluding hydrogens is 296 g/mol. The molecule has 4 amide bonds. The van der Waals surface area contributed by atoms with E-state index in [-0.39, 0.29) is 23.6 Å². The molecule has 0 spiro atoms. The van der Waals surface area contributed by atoms with Crippen LogP contribution in [-0.2, 0) is 19.2 Å². The van der Waals surface area contributed by atoms with Crippen LogP contribution in [0.3, 0.4) is 0 Å². The maximum Gasteiger partial charge on any atom is 0.253 e. The van der Waals surface area contributed by atoms with Crippen molar-refractivity contribution >= 4 is 23.6 Å². The summed E-state index contributed by atoms with van der Waals surface area (Å²) in [6.45, 7) is 5.04. The van der Waals surface area contributed by atoms with Crippen LogP contribution in [0.2, 0.25) is 0 Å². The average Bonchev–Trinajstić information content (AvgIpc) is 2.98. The van der Waals surface area contributed by atoms with E-state index in [0.717, 1.165) is 19.3 Å². The SMILES string of the molecule is CC(CCN1C(=O)C=CC1=O)CC(C)CCN1C(=O)C=CC1=O. The van der Waals surface area contributed by atoms with E-state index < -0.39 is 0 Å². The highest BCUT2D eigenvalue weighted by Gasteiger charge is 2.25. The van der Waals surface area contributed by atoms with E-state index in [9.17, 15) is 19.2 Å². The van der Waals surface area contributed by atoms with Crippen LogP contribution in [0.5, 0.6) is 0 Å². The first-order valence-corrected chi connectivity index (χ1v) is 7.95. The van der Waals surface area contributed by atoms with E-state index in [1.165, 1.54) is 34.1 Å². The number of hydrogen-bond donors (Lipinski definition) is 0. The Kier molecular flexibility index (Phi) is 5.47. The molecule has 2 aliphatic rings. The average molecular weight is 318 g/mol. The van der Waals surface area contributed by atoms with Crippen molar-refractivity contribution in [3.05, 3.63) is 24.3 Å². The molecule has 2 rings (SSSR count). The number of amides is 4. The van der Waals surface area contributed by atoms with Gasteiger partial charge in [-0.05, 0) is 31.1 Å². The van der Waals surface area contributed by atoms with Crippen molar-refractivity contribution in [2.45, 2.75) is 33.1 Å². The molecule has 2 aliphatic heterocycles. The minimum atomic E-state index is -0.242. The van der Waals surface area contributed by atoms with Gasteiger partial charge < -0.3 is 0 Å². The molecule has 2 atom stereocenters. The second-order valence-corrected chi connectivity index (χ2v) is 6.35. The molecule has 0 radical (unpaired) electrons. The Morgan fingerprint density at radius 2 is 1.00 bits per heavy atom. The highest BCUT2D eigenvalue weighted by Crippen LogP contribution is 2.20. The molecule has 6 heteroatoms. The van der Waals surface area contributed by atoms with Crippen LogP contribution in [0.25, 0.3) is 0 Å². The van der Waals surface area contributed by atoms with Gasteiger partial charge in [-0.25, -0.2) is 0 Å². The third-order valence-corrected chi connectivity index (χ3v) is 4.30. The molecule has 0 aromatic heterocycles. The maximum absolute atomic E-state index is 11.5. The molecule has 0 aliphatic carbocycles. The van der Waals surface area contributed by atoms with Crippen molar-refractivity contribution in [1.29, 1.82) is 0 Å². The van der Waals surface area contributed by atoms with Crippen LogP contribution in [0, 0.1) is 11.8 Å². The Labute approximate surface area is 135 Å². The van der Waals surface area contributed by atoms with Gasteiger partial charge in [0.1, 0.15) is 0 Å². The van der Waals surface area contributed by atoms with Gasteiger partial charge in [-0.1, -0.05) is 13.8 Å². The number of nitrogens with zero attached hydrogens (tertiary/aromatic N) is 2. The van der Waals surface area contributed by atoms with E-state index in [1.807, 2.05) is 0 Å². The monoisotopic (exact) mass is 318 g/mol. The van der Waals surface area contributed by atoms with Gasteiger partial charge in [0.15, 0.2) is 0 Å². The predicted molar refractivity (Wildman–Crippen MR) is 83.9 cm³/mol. The number of rotatable bonds is 8. The molecule has 124 valence electrons. The molecule has 0 saturated heterocycles. The molecule has 6 nitrogen and oxygen atoms in total. The van der Waals surface area contributed by atoms with Gasteiger partial charge in [-0.15, -0.1) is 0 Å². The summed E-state index contributed by atoms with van der Waals surface area (Å²) in [5, 5.41) is 0. The normalized spacial score (nSPS) is 20.1. The van der Waals surface area contributed by atoms with Crippen molar-refractivity contribution in [3.8, 4) is 0 Å². The van der Waals surface area contributed by atoms with E-state index in [4.69, 9.17) is 0 Å². The third kappa shape index (κ3) is 4.37. The summed E-state index contributed by atoms with van der Waals surface area (Å²) in [4.78, 5) is 48.4. The Bertz CT molecular complexity index is 493. The van der Waals surface area contributed by atoms with Crippen molar-refractivity contribution in [2.24, 2.45) is 11.8 Å². The topological polar surface area (TPSA) is 74.8 Å². The quantitative estimate of drug-likeness (QED) is 0.632. The fourth-order valence-corrected chi connectivity index (χ4v) is 2.92. The zero-order valence-electron chi connectivity index (χ0n) is 13.5. The minimum Gasteiger partial charge on any atom is -0.275 e. The molecule has 0 saturated carbocycles. The second kappa shape index (κ2) is 7.35. The van der Waals surface area contributed by atoms with Crippen molar-refractivity contribution in [2.75, 3.05) is 13.1 Å². The fraction of sp³-hybridized carbons (Fsp3) is 0.529. The highest BCUT2D eigenvalue weighted by atomic mass is 16.2. The van der Waals surface area contributed by atoms with Crippen LogP contribution in [0.15, 0.2) is 24.3 Å². The van der Waals surface area contributed by atoms with Crippen LogP contribution >= 0.6 is 0 Å². The van der Waals surface area contributed by atoms with Crippen molar-refractivity contribution in [1.82, 2.24) is 9.80 Å². The zero-order valence-corrected chi connectivity index (χ0v) is 13.5. The lowest BCUT2D eigenvalue weighted by Crippen LogP contribution is -2.32. The summed E-state index contributed by atoms with van der Waals surface area (Å²) in [6.07, 6.45) is 7.63. The van der Waals surface area contributed by atoms with Gasteiger partial charge in [0.25, 0.3) is 23.6 Å². The summed E-state index contributed by atoms with van der Waals surface area (Å²) >= 11 is 0. The Morgan fingerprint density at radius 3 is 1.30 bits per heavy atom. The van der Waals surface area contributed by atoms with Crippen LogP contribution in [-0.4, -0.2) is 46.5 Å². The van der Waals surface area contributed by atoms with Gasteiger partial charge in [0, 0.05) is 37.4 Å². The fourth-order valence-electron chi connectivity index (χ4n) is 2.92. The van der Waals surface area contributed by atoms with Crippen LogP contribution < -0.4 is 0 Å². The van der Waals surface area contributed by atoms with Gasteiger partial charge in [-0.3, -0.25) is 29.0 Å². The number of imide groups is 2. The molecular formula is C17H22N2O4. The van der Waals surface area contributed by atoms with Gasteiger partial charge >= 0.3 is 0 Å². The first-order chi connectivity index (χ1) is 10.9. The molecule has 23 heavy (non-hydrogen) atoms. The molecule has 0 aromatic carbocycles. The van der Waals surface area contributed by atoms with Gasteiger partial charge in [0.2, 0.25) is 0 Å². The lowest BCUT2D eigenvalue weighted by atomic mass is 9.92. The molecule has 2 unspecified atom stereocenters. The Balaban J connectivity index is 1.67. The Hall–Kier alpha value is -2.24. The second-order valence-electron chi connectivity index (χ2n) is 6.35. The maximum atomic E-state index is 11.5. The third-order valence-electron chi connectivity index (χ3n) is 4.30. The number of hydrogen-bond acceptors (Lipinski definition) is 4. The van der Waals surface area contributed by atoms with E-state index >= 15 is 0 Å². The smallest absolute Gasteiger partial charge is 0.253 e. The summed E-state index contributed by atoms with van der Waals surface area (Å²) < 4.78 is 0. The van der Waals surface area contributed by atoms with Crippen LogP contribution in [0.1, 0.15) is 33.1 Å². The number of carbonyl (C=O) groups is 4. The summed E-state index contributed by atoms with van der Waals surface area (Å²) in [7, 11) is 0. The van der Waals surface area contributed by atoms with Crippen LogP contribution in [0.4, 0.5) is 0 Å². The predicted octanol–water partition coefficient (Wildman–Crippen LogP) is 1.28. The van der Waals surface area contributed by atoms with Crippen molar-refractivity contribution in [3.63, 3.8) is 0 Å². The first-order valence-electron chi connectivity index (χ1n) is 7.95. The summed E-state index contributed by atoms with van der Waals surface area (Å²) in [6, 6.07) is 0. The van der Waals surface area contributed by atoms with E-state index in [0.29, 0.717) is 24.9 Å². The van der Waals surface area contributed by atoms with Gasteiger partial charge in [0.05, 0.1) is 0 Å². The summed E-state index contributed by atoms with van der Waals surface area (Å²) in [5.41, 5.74) is 0. The minimum absolute atomic E-state index is 0.242. The molecule has 0 aromatic rings. The van der Waals surface area contributed by atoms with Gasteiger partial charge in [-0.2, -0.15) is 0 Å². The largest absolute Gasteiger partial charge is 0.275 e. The molecule has 0 N–H and O–H groups in total. The zero-order chi connectivity index (χ0) is 17.0.